The molecule has 2 fully saturated rings. The number of amides is 3. The number of benzene rings is 2. The normalized spacial score (nSPS) is 23.3. The molecule has 2 aliphatic carbocycles. The number of carbonyl (C=O) groups excluding carboxylic acids is 3. The van der Waals surface area contributed by atoms with E-state index in [9.17, 15) is 24.5 Å². The Morgan fingerprint density at radius 3 is 2.42 bits per heavy atom. The lowest BCUT2D eigenvalue weighted by Crippen LogP contribution is -2.28. The summed E-state index contributed by atoms with van der Waals surface area (Å²) in [5.41, 5.74) is 0.236. The van der Waals surface area contributed by atoms with Crippen LogP contribution in [0.3, 0.4) is 0 Å². The number of hydrogen-bond donors (Lipinski definition) is 1. The van der Waals surface area contributed by atoms with Crippen LogP contribution in [-0.4, -0.2) is 47.1 Å². The lowest BCUT2D eigenvalue weighted by atomic mass is 9.85. The van der Waals surface area contributed by atoms with Crippen LogP contribution in [0.15, 0.2) is 53.7 Å². The summed E-state index contributed by atoms with van der Waals surface area (Å²) in [5, 5.41) is 19.9. The number of halogens is 1. The van der Waals surface area contributed by atoms with Gasteiger partial charge in [0.25, 0.3) is 17.7 Å². The minimum Gasteiger partial charge on any atom is -0.490 e. The fourth-order valence-electron chi connectivity index (χ4n) is 5.22. The predicted octanol–water partition coefficient (Wildman–Crippen LogP) is 3.81. The smallest absolute Gasteiger partial charge is 0.315 e. The number of imide groups is 1. The van der Waals surface area contributed by atoms with E-state index in [1.54, 1.807) is 31.2 Å². The van der Waals surface area contributed by atoms with Gasteiger partial charge >= 0.3 is 5.69 Å². The molecule has 0 radical (unpaired) electrons. The number of nitrogens with zero attached hydrogens (tertiary/aromatic N) is 3. The zero-order valence-corrected chi connectivity index (χ0v) is 21.0. The van der Waals surface area contributed by atoms with Crippen molar-refractivity contribution < 1.29 is 28.8 Å². The molecule has 3 aliphatic rings. The molecule has 1 heterocycles. The van der Waals surface area contributed by atoms with E-state index in [1.807, 2.05) is 12.2 Å². The van der Waals surface area contributed by atoms with Crippen LogP contribution in [0.5, 0.6) is 11.5 Å². The summed E-state index contributed by atoms with van der Waals surface area (Å²) in [6, 6.07) is 9.03. The van der Waals surface area contributed by atoms with Crippen molar-refractivity contribution in [1.29, 1.82) is 0 Å². The Kier molecular flexibility index (Phi) is 6.85. The second kappa shape index (κ2) is 10.3. The molecule has 0 spiro atoms. The molecule has 1 saturated carbocycles. The van der Waals surface area contributed by atoms with Gasteiger partial charge in [0, 0.05) is 22.3 Å². The zero-order valence-electron chi connectivity index (χ0n) is 20.2. The summed E-state index contributed by atoms with van der Waals surface area (Å²) < 4.78 is 11.1. The Bertz CT molecular complexity index is 1340. The summed E-state index contributed by atoms with van der Waals surface area (Å²) in [5.74, 6) is -2.21. The summed E-state index contributed by atoms with van der Waals surface area (Å²) in [6.45, 7) is 1.33. The van der Waals surface area contributed by atoms with Crippen LogP contribution in [0, 0.1) is 33.8 Å². The number of rotatable bonds is 9. The summed E-state index contributed by atoms with van der Waals surface area (Å²) in [6.07, 6.45) is 5.97. The summed E-state index contributed by atoms with van der Waals surface area (Å²) in [7, 11) is 0. The number of carbonyl (C=O) groups is 3. The SMILES string of the molecule is CCOc1cc(C=NN2C(=O)[C@@H]3[C@H](C2=O)[C@H]2C=C[C@H]3C2)cc([N+](=O)[O-])c1OCC(=O)Nc1ccc(Cl)cc1. The Morgan fingerprint density at radius 1 is 1.16 bits per heavy atom. The van der Waals surface area contributed by atoms with Crippen LogP contribution in [0.25, 0.3) is 0 Å². The van der Waals surface area contributed by atoms with Gasteiger partial charge in [-0.15, -0.1) is 0 Å². The van der Waals surface area contributed by atoms with E-state index in [4.69, 9.17) is 21.1 Å². The number of hydrazone groups is 1. The molecule has 5 rings (SSSR count). The van der Waals surface area contributed by atoms with Crippen molar-refractivity contribution in [2.45, 2.75) is 13.3 Å². The van der Waals surface area contributed by atoms with Crippen molar-refractivity contribution in [2.75, 3.05) is 18.5 Å². The van der Waals surface area contributed by atoms with Gasteiger partial charge in [0.05, 0.1) is 29.6 Å². The summed E-state index contributed by atoms with van der Waals surface area (Å²) >= 11 is 5.84. The molecular formula is C26H23ClN4O7. The zero-order chi connectivity index (χ0) is 27.0. The number of anilines is 1. The first-order valence-electron chi connectivity index (χ1n) is 12.0. The molecule has 196 valence electrons. The van der Waals surface area contributed by atoms with Gasteiger partial charge in [-0.1, -0.05) is 23.8 Å². The molecule has 11 nitrogen and oxygen atoms in total. The van der Waals surface area contributed by atoms with Crippen LogP contribution in [-0.2, 0) is 14.4 Å². The fourth-order valence-corrected chi connectivity index (χ4v) is 5.34. The van der Waals surface area contributed by atoms with Gasteiger partial charge < -0.3 is 14.8 Å². The number of fused-ring (bicyclic) bond motifs is 5. The third-order valence-corrected chi connectivity index (χ3v) is 7.05. The molecule has 38 heavy (non-hydrogen) atoms. The van der Waals surface area contributed by atoms with Gasteiger partial charge in [-0.3, -0.25) is 24.5 Å². The number of hydrogen-bond acceptors (Lipinski definition) is 8. The Hall–Kier alpha value is -4.25. The maximum absolute atomic E-state index is 12.9. The van der Waals surface area contributed by atoms with Gasteiger partial charge in [0.2, 0.25) is 5.75 Å². The highest BCUT2D eigenvalue weighted by Gasteiger charge is 2.59. The Balaban J connectivity index is 1.34. The number of nitro benzene ring substituents is 1. The molecular weight excluding hydrogens is 516 g/mol. The van der Waals surface area contributed by atoms with Crippen molar-refractivity contribution in [3.63, 3.8) is 0 Å². The van der Waals surface area contributed by atoms with E-state index in [1.165, 1.54) is 18.3 Å². The first-order valence-corrected chi connectivity index (χ1v) is 12.4. The first kappa shape index (κ1) is 25.4. The molecule has 4 atom stereocenters. The maximum Gasteiger partial charge on any atom is 0.315 e. The van der Waals surface area contributed by atoms with E-state index in [0.717, 1.165) is 11.4 Å². The lowest BCUT2D eigenvalue weighted by molar-refractivity contribution is -0.385. The van der Waals surface area contributed by atoms with Crippen LogP contribution < -0.4 is 14.8 Å². The number of nitrogens with one attached hydrogen (secondary N) is 1. The standard InChI is InChI=1S/C26H23ClN4O7/c1-2-37-20-10-14(12-28-30-25(33)22-15-3-4-16(11-15)23(22)26(30)34)9-19(31(35)36)24(20)38-13-21(32)29-18-7-5-17(27)6-8-18/h3-10,12,15-16,22-23H,2,11,13H2,1H3,(H,29,32)/t15-,16-,22-,23+/m0/s1. The second-order valence-electron chi connectivity index (χ2n) is 9.13. The van der Waals surface area contributed by atoms with Gasteiger partial charge in [-0.05, 0) is 55.5 Å². The molecule has 0 unspecified atom stereocenters. The highest BCUT2D eigenvalue weighted by atomic mass is 35.5. The Labute approximate surface area is 222 Å². The van der Waals surface area contributed by atoms with Crippen LogP contribution in [0.2, 0.25) is 5.02 Å². The molecule has 2 bridgehead atoms. The number of nitro groups is 1. The van der Waals surface area contributed by atoms with Crippen molar-refractivity contribution in [1.82, 2.24) is 5.01 Å². The topological polar surface area (TPSA) is 140 Å². The first-order chi connectivity index (χ1) is 18.3. The van der Waals surface area contributed by atoms with Gasteiger partial charge in [0.15, 0.2) is 12.4 Å². The molecule has 1 saturated heterocycles. The van der Waals surface area contributed by atoms with E-state index in [-0.39, 0.29) is 47.3 Å². The van der Waals surface area contributed by atoms with E-state index in [2.05, 4.69) is 10.4 Å². The van der Waals surface area contributed by atoms with Crippen molar-refractivity contribution >= 4 is 46.9 Å². The van der Waals surface area contributed by atoms with Crippen molar-refractivity contribution in [3.05, 3.63) is 69.3 Å². The number of ether oxygens (including phenoxy) is 2. The molecule has 2 aromatic carbocycles. The monoisotopic (exact) mass is 538 g/mol. The van der Waals surface area contributed by atoms with E-state index >= 15 is 0 Å². The highest BCUT2D eigenvalue weighted by Crippen LogP contribution is 2.52. The minimum atomic E-state index is -0.674. The average molecular weight is 539 g/mol. The lowest BCUT2D eigenvalue weighted by Gasteiger charge is -2.14. The molecule has 12 heteroatoms. The van der Waals surface area contributed by atoms with Crippen LogP contribution in [0.1, 0.15) is 18.9 Å². The molecule has 0 aromatic heterocycles. The predicted molar refractivity (Wildman–Crippen MR) is 137 cm³/mol. The minimum absolute atomic E-state index is 0.0145. The van der Waals surface area contributed by atoms with Crippen molar-refractivity contribution in [2.24, 2.45) is 28.8 Å². The quantitative estimate of drug-likeness (QED) is 0.168. The molecule has 3 amide bonds. The molecule has 1 aliphatic heterocycles. The number of allylic oxidation sites excluding steroid dienone is 2. The Morgan fingerprint density at radius 2 is 1.82 bits per heavy atom. The van der Waals surface area contributed by atoms with Crippen molar-refractivity contribution in [3.8, 4) is 11.5 Å². The van der Waals surface area contributed by atoms with Gasteiger partial charge in [-0.2, -0.15) is 10.1 Å². The van der Waals surface area contributed by atoms with E-state index in [0.29, 0.717) is 10.7 Å². The highest BCUT2D eigenvalue weighted by molar-refractivity contribution is 6.30. The molecule has 1 N–H and O–H groups in total. The average Bonchev–Trinajstić information content (AvgIpc) is 3.57. The fraction of sp³-hybridized carbons (Fsp3) is 0.308. The largest absolute Gasteiger partial charge is 0.490 e. The van der Waals surface area contributed by atoms with Crippen LogP contribution in [0.4, 0.5) is 11.4 Å². The van der Waals surface area contributed by atoms with E-state index < -0.39 is 35.0 Å². The van der Waals surface area contributed by atoms with Crippen LogP contribution >= 0.6 is 11.6 Å². The summed E-state index contributed by atoms with van der Waals surface area (Å²) in [4.78, 5) is 49.3. The molecule has 2 aromatic rings. The third kappa shape index (κ3) is 4.72. The maximum atomic E-state index is 12.9. The van der Waals surface area contributed by atoms with Gasteiger partial charge in [0.1, 0.15) is 0 Å². The third-order valence-electron chi connectivity index (χ3n) is 6.80. The van der Waals surface area contributed by atoms with Gasteiger partial charge in [-0.25, -0.2) is 0 Å². The second-order valence-corrected chi connectivity index (χ2v) is 9.57.